The number of hydrogen-bond acceptors (Lipinski definition) is 7. The van der Waals surface area contributed by atoms with Crippen LogP contribution in [0.2, 0.25) is 0 Å². The Morgan fingerprint density at radius 1 is 0.915 bits per heavy atom. The number of urea groups is 1. The Morgan fingerprint density at radius 3 is 2.21 bits per heavy atom. The van der Waals surface area contributed by atoms with Crippen molar-refractivity contribution in [2.45, 2.75) is 71.4 Å². The zero-order chi connectivity index (χ0) is 33.3. The first-order valence-corrected chi connectivity index (χ1v) is 16.9. The third kappa shape index (κ3) is 7.18. The number of carbonyl (C=O) groups is 3. The van der Waals surface area contributed by atoms with Gasteiger partial charge in [-0.15, -0.1) is 0 Å². The molecule has 3 aliphatic rings. The zero-order valence-electron chi connectivity index (χ0n) is 28.4. The minimum Gasteiger partial charge on any atom is -0.497 e. The third-order valence-electron chi connectivity index (χ3n) is 9.78. The van der Waals surface area contributed by atoms with Crippen LogP contribution < -0.4 is 14.5 Å². The number of methoxy groups -OCH3 is 1. The van der Waals surface area contributed by atoms with Gasteiger partial charge in [0.2, 0.25) is 5.91 Å². The number of para-hydroxylation sites is 1. The number of rotatable bonds is 7. The number of ether oxygens (including phenoxy) is 2. The number of hydrogen-bond donors (Lipinski definition) is 0. The number of amides is 4. The molecule has 3 saturated heterocycles. The van der Waals surface area contributed by atoms with Gasteiger partial charge in [0.15, 0.2) is 5.82 Å². The Bertz CT molecular complexity index is 1600. The second-order valence-electron chi connectivity index (χ2n) is 14.2. The molecule has 2 aromatic carbocycles. The summed E-state index contributed by atoms with van der Waals surface area (Å²) in [6.07, 6.45) is 5.58. The van der Waals surface area contributed by atoms with Gasteiger partial charge in [-0.2, -0.15) is 5.10 Å². The van der Waals surface area contributed by atoms with Gasteiger partial charge in [0.05, 0.1) is 24.9 Å². The first-order valence-electron chi connectivity index (χ1n) is 16.9. The second-order valence-corrected chi connectivity index (χ2v) is 14.2. The van der Waals surface area contributed by atoms with Gasteiger partial charge in [-0.25, -0.2) is 9.59 Å². The molecule has 6 rings (SSSR count). The topological polar surface area (TPSA) is 100 Å². The summed E-state index contributed by atoms with van der Waals surface area (Å²) in [4.78, 5) is 46.4. The smallest absolute Gasteiger partial charge is 0.410 e. The van der Waals surface area contributed by atoms with Crippen LogP contribution in [-0.2, 0) is 23.1 Å². The van der Waals surface area contributed by atoms with Gasteiger partial charge in [0, 0.05) is 51.6 Å². The third-order valence-corrected chi connectivity index (χ3v) is 9.78. The molecule has 3 fully saturated rings. The fourth-order valence-electron chi connectivity index (χ4n) is 7.27. The highest BCUT2D eigenvalue weighted by Crippen LogP contribution is 2.37. The van der Waals surface area contributed by atoms with E-state index in [4.69, 9.17) is 14.6 Å². The molecule has 3 aromatic rings. The number of piperidine rings is 2. The lowest BCUT2D eigenvalue weighted by molar-refractivity contribution is -0.129. The van der Waals surface area contributed by atoms with E-state index in [1.54, 1.807) is 12.0 Å². The van der Waals surface area contributed by atoms with Gasteiger partial charge in [-0.3, -0.25) is 19.3 Å². The van der Waals surface area contributed by atoms with Crippen LogP contribution >= 0.6 is 0 Å². The molecule has 0 radical (unpaired) electrons. The Labute approximate surface area is 277 Å². The van der Waals surface area contributed by atoms with Gasteiger partial charge in [-0.1, -0.05) is 18.2 Å². The van der Waals surface area contributed by atoms with Crippen LogP contribution in [0.5, 0.6) is 5.75 Å². The molecule has 47 heavy (non-hydrogen) atoms. The summed E-state index contributed by atoms with van der Waals surface area (Å²) < 4.78 is 12.7. The molecule has 0 aliphatic carbocycles. The van der Waals surface area contributed by atoms with E-state index in [-0.39, 0.29) is 31.0 Å². The van der Waals surface area contributed by atoms with Crippen LogP contribution in [0.3, 0.4) is 0 Å². The van der Waals surface area contributed by atoms with Gasteiger partial charge in [0.25, 0.3) is 0 Å². The summed E-state index contributed by atoms with van der Waals surface area (Å²) in [5.41, 5.74) is 2.52. The number of nitrogens with zero attached hydrogens (tertiary/aromatic N) is 6. The fraction of sp³-hybridized carbons (Fsp3) is 0.556. The van der Waals surface area contributed by atoms with Crippen molar-refractivity contribution in [3.05, 3.63) is 48.0 Å². The van der Waals surface area contributed by atoms with Crippen molar-refractivity contribution in [3.8, 4) is 5.75 Å². The molecule has 3 aliphatic heterocycles. The van der Waals surface area contributed by atoms with Crippen molar-refractivity contribution in [2.24, 2.45) is 18.9 Å². The summed E-state index contributed by atoms with van der Waals surface area (Å²) in [5.74, 6) is 2.45. The summed E-state index contributed by atoms with van der Waals surface area (Å²) in [6, 6.07) is 13.3. The summed E-state index contributed by atoms with van der Waals surface area (Å²) in [7, 11) is 3.54. The van der Waals surface area contributed by atoms with E-state index in [1.807, 2.05) is 73.8 Å². The molecule has 11 heteroatoms. The van der Waals surface area contributed by atoms with E-state index < -0.39 is 5.60 Å². The first-order chi connectivity index (χ1) is 22.5. The molecule has 0 N–H and O–H groups in total. The average molecular weight is 645 g/mol. The Morgan fingerprint density at radius 2 is 1.57 bits per heavy atom. The van der Waals surface area contributed by atoms with Crippen molar-refractivity contribution < 1.29 is 23.9 Å². The van der Waals surface area contributed by atoms with Crippen LogP contribution in [0.4, 0.5) is 21.1 Å². The number of aromatic nitrogens is 2. The first kappa shape index (κ1) is 32.7. The molecule has 1 aromatic heterocycles. The van der Waals surface area contributed by atoms with Gasteiger partial charge in [0.1, 0.15) is 11.4 Å². The lowest BCUT2D eigenvalue weighted by Gasteiger charge is -2.38. The normalized spacial score (nSPS) is 18.7. The van der Waals surface area contributed by atoms with E-state index >= 15 is 0 Å². The maximum Gasteiger partial charge on any atom is 0.410 e. The predicted molar refractivity (Wildman–Crippen MR) is 182 cm³/mol. The number of benzene rings is 2. The standard InChI is InChI=1S/C36H48N6O5/c1-36(2,3)47-35(45)40-20-15-26(16-21-40)23-25-13-18-39(19-14-25)30-8-6-7-29-32(30)38(4)37-33(29)41-22-17-31(43)42(34(41)44)24-27-9-11-28(46-5)12-10-27/h6-12,25-26H,13-24H2,1-5H3. The highest BCUT2D eigenvalue weighted by atomic mass is 16.6. The summed E-state index contributed by atoms with van der Waals surface area (Å²) >= 11 is 0. The largest absolute Gasteiger partial charge is 0.497 e. The number of likely N-dealkylation sites (tertiary alicyclic amines) is 1. The molecule has 4 amide bonds. The van der Waals surface area contributed by atoms with Gasteiger partial charge in [-0.05, 0) is 94.5 Å². The van der Waals surface area contributed by atoms with E-state index in [0.717, 1.165) is 79.8 Å². The monoisotopic (exact) mass is 644 g/mol. The molecule has 4 heterocycles. The van der Waals surface area contributed by atoms with Crippen LogP contribution in [-0.4, -0.2) is 83.0 Å². The number of fused-ring (bicyclic) bond motifs is 1. The number of imide groups is 1. The minimum atomic E-state index is -0.464. The SMILES string of the molecule is COc1ccc(CN2C(=O)CCN(c3nn(C)c4c(N5CCC(CC6CCN(C(=O)OC(C)(C)C)CC6)CC5)cccc34)C2=O)cc1. The lowest BCUT2D eigenvalue weighted by atomic mass is 9.82. The molecular weight excluding hydrogens is 596 g/mol. The molecule has 0 unspecified atom stereocenters. The van der Waals surface area contributed by atoms with Crippen LogP contribution in [0.25, 0.3) is 10.9 Å². The zero-order valence-corrected chi connectivity index (χ0v) is 28.4. The Kier molecular flexibility index (Phi) is 9.34. The quantitative estimate of drug-likeness (QED) is 0.302. The number of anilines is 2. The van der Waals surface area contributed by atoms with Gasteiger partial charge < -0.3 is 19.3 Å². The minimum absolute atomic E-state index is 0.181. The molecule has 0 atom stereocenters. The van der Waals surface area contributed by atoms with Crippen LogP contribution in [0, 0.1) is 11.8 Å². The van der Waals surface area contributed by atoms with Crippen LogP contribution in [0.15, 0.2) is 42.5 Å². The maximum absolute atomic E-state index is 13.7. The highest BCUT2D eigenvalue weighted by Gasteiger charge is 2.36. The van der Waals surface area contributed by atoms with E-state index in [1.165, 1.54) is 11.3 Å². The Balaban J connectivity index is 1.09. The van der Waals surface area contributed by atoms with E-state index in [0.29, 0.717) is 24.2 Å². The maximum atomic E-state index is 13.7. The molecule has 0 spiro atoms. The number of aryl methyl sites for hydroxylation is 1. The van der Waals surface area contributed by atoms with Crippen molar-refractivity contribution >= 4 is 40.4 Å². The highest BCUT2D eigenvalue weighted by molar-refractivity contribution is 6.10. The van der Waals surface area contributed by atoms with Crippen LogP contribution in [0.1, 0.15) is 64.9 Å². The molecular formula is C36H48N6O5. The molecule has 11 nitrogen and oxygen atoms in total. The van der Waals surface area contributed by atoms with Crippen molar-refractivity contribution in [1.82, 2.24) is 19.6 Å². The number of carbonyl (C=O) groups excluding carboxylic acids is 3. The molecule has 252 valence electrons. The van der Waals surface area contributed by atoms with E-state index in [2.05, 4.69) is 11.0 Å². The van der Waals surface area contributed by atoms with Crippen molar-refractivity contribution in [2.75, 3.05) is 49.6 Å². The fourth-order valence-corrected chi connectivity index (χ4v) is 7.27. The van der Waals surface area contributed by atoms with Crippen molar-refractivity contribution in [1.29, 1.82) is 0 Å². The predicted octanol–water partition coefficient (Wildman–Crippen LogP) is 6.19. The van der Waals surface area contributed by atoms with E-state index in [9.17, 15) is 14.4 Å². The van der Waals surface area contributed by atoms with Crippen molar-refractivity contribution in [3.63, 3.8) is 0 Å². The summed E-state index contributed by atoms with van der Waals surface area (Å²) in [5, 5.41) is 5.76. The van der Waals surface area contributed by atoms with Gasteiger partial charge >= 0.3 is 12.1 Å². The lowest BCUT2D eigenvalue weighted by Crippen LogP contribution is -2.52. The molecule has 0 bridgehead atoms. The Hall–Kier alpha value is -4.28. The average Bonchev–Trinajstić information content (AvgIpc) is 3.39. The summed E-state index contributed by atoms with van der Waals surface area (Å²) in [6.45, 7) is 9.72. The second kappa shape index (κ2) is 13.4. The molecule has 0 saturated carbocycles.